The Kier molecular flexibility index (Phi) is 4.07. The van der Waals surface area contributed by atoms with Crippen LogP contribution in [0.5, 0.6) is 0 Å². The van der Waals surface area contributed by atoms with Crippen LogP contribution in [0.2, 0.25) is 0 Å². The number of aromatic amines is 1. The average Bonchev–Trinajstić information content (AvgIpc) is 3.13. The van der Waals surface area contributed by atoms with E-state index >= 15 is 0 Å². The summed E-state index contributed by atoms with van der Waals surface area (Å²) in [6.07, 6.45) is 3.90. The molecular weight excluding hydrogens is 264 g/mol. The topological polar surface area (TPSA) is 71.4 Å². The lowest BCUT2D eigenvalue weighted by atomic mass is 10.1. The zero-order chi connectivity index (χ0) is 14.5. The predicted molar refractivity (Wildman–Crippen MR) is 80.5 cm³/mol. The van der Waals surface area contributed by atoms with Gasteiger partial charge in [0.2, 0.25) is 0 Å². The molecule has 108 valence electrons. The van der Waals surface area contributed by atoms with Crippen LogP contribution in [0.4, 0.5) is 0 Å². The first kappa shape index (κ1) is 13.5. The first-order valence-electron chi connectivity index (χ1n) is 6.98. The molecule has 0 aliphatic heterocycles. The maximum atomic E-state index is 4.26. The fourth-order valence-corrected chi connectivity index (χ4v) is 2.19. The minimum Gasteiger partial charge on any atom is -0.309 e. The van der Waals surface area contributed by atoms with Crippen molar-refractivity contribution in [2.45, 2.75) is 20.0 Å². The van der Waals surface area contributed by atoms with Crippen molar-refractivity contribution in [1.82, 2.24) is 30.5 Å². The Morgan fingerprint density at radius 3 is 2.81 bits per heavy atom. The quantitative estimate of drug-likeness (QED) is 0.676. The van der Waals surface area contributed by atoms with Gasteiger partial charge in [0.25, 0.3) is 0 Å². The van der Waals surface area contributed by atoms with Crippen LogP contribution in [0.3, 0.4) is 0 Å². The van der Waals surface area contributed by atoms with Crippen LogP contribution in [0.15, 0.2) is 42.7 Å². The smallest absolute Gasteiger partial charge is 0.117 e. The fourth-order valence-electron chi connectivity index (χ4n) is 2.19. The number of H-pyrrole nitrogens is 1. The van der Waals surface area contributed by atoms with Gasteiger partial charge >= 0.3 is 0 Å². The molecule has 0 fully saturated rings. The number of aryl methyl sites for hydroxylation is 1. The van der Waals surface area contributed by atoms with E-state index in [1.54, 1.807) is 0 Å². The fraction of sp³-hybridized carbons (Fsp3) is 0.267. The molecular formula is C15H18N6. The molecule has 2 N–H and O–H groups in total. The van der Waals surface area contributed by atoms with E-state index in [0.717, 1.165) is 30.0 Å². The molecule has 0 aliphatic rings. The van der Waals surface area contributed by atoms with Crippen molar-refractivity contribution in [1.29, 1.82) is 0 Å². The second-order valence-electron chi connectivity index (χ2n) is 4.94. The number of nitrogens with zero attached hydrogens (tertiary/aromatic N) is 4. The Bertz CT molecular complexity index is 685. The van der Waals surface area contributed by atoms with Gasteiger partial charge in [-0.1, -0.05) is 30.3 Å². The van der Waals surface area contributed by atoms with E-state index < -0.39 is 0 Å². The first-order valence-corrected chi connectivity index (χ1v) is 6.98. The number of hydrogen-bond acceptors (Lipinski definition) is 4. The number of nitrogens with one attached hydrogen (secondary N) is 2. The molecule has 2 aromatic heterocycles. The van der Waals surface area contributed by atoms with Gasteiger partial charge in [-0.2, -0.15) is 20.5 Å². The third-order valence-corrected chi connectivity index (χ3v) is 3.24. The molecule has 0 unspecified atom stereocenters. The summed E-state index contributed by atoms with van der Waals surface area (Å²) in [5, 5.41) is 18.8. The van der Waals surface area contributed by atoms with Gasteiger partial charge in [0.1, 0.15) is 11.4 Å². The molecule has 6 heteroatoms. The third-order valence-electron chi connectivity index (χ3n) is 3.24. The van der Waals surface area contributed by atoms with E-state index in [9.17, 15) is 0 Å². The standard InChI is InChI=1S/C15H18N6/c1-12-9-17-21(11-12)8-7-16-10-14-15(19-20-18-14)13-5-3-2-4-6-13/h2-6,9,11,16H,7-8,10H2,1H3,(H,18,19,20). The van der Waals surface area contributed by atoms with Crippen LogP contribution in [0, 0.1) is 6.92 Å². The molecule has 21 heavy (non-hydrogen) atoms. The summed E-state index contributed by atoms with van der Waals surface area (Å²) in [6, 6.07) is 10.1. The minimum absolute atomic E-state index is 0.682. The van der Waals surface area contributed by atoms with E-state index in [2.05, 4.69) is 25.8 Å². The molecule has 0 saturated carbocycles. The lowest BCUT2D eigenvalue weighted by Gasteiger charge is -2.04. The molecule has 0 atom stereocenters. The maximum absolute atomic E-state index is 4.26. The van der Waals surface area contributed by atoms with Crippen LogP contribution >= 0.6 is 0 Å². The Hall–Kier alpha value is -2.47. The molecule has 3 aromatic rings. The van der Waals surface area contributed by atoms with Crippen molar-refractivity contribution in [2.24, 2.45) is 0 Å². The summed E-state index contributed by atoms with van der Waals surface area (Å²) >= 11 is 0. The number of benzene rings is 1. The van der Waals surface area contributed by atoms with Crippen LogP contribution < -0.4 is 5.32 Å². The molecule has 3 rings (SSSR count). The molecule has 0 saturated heterocycles. The lowest BCUT2D eigenvalue weighted by Crippen LogP contribution is -2.20. The first-order chi connectivity index (χ1) is 10.3. The van der Waals surface area contributed by atoms with Crippen LogP contribution in [0.1, 0.15) is 11.3 Å². The van der Waals surface area contributed by atoms with Crippen molar-refractivity contribution in [3.05, 3.63) is 54.0 Å². The average molecular weight is 282 g/mol. The van der Waals surface area contributed by atoms with E-state index in [1.165, 1.54) is 5.56 Å². The zero-order valence-electron chi connectivity index (χ0n) is 12.0. The van der Waals surface area contributed by atoms with Gasteiger partial charge in [-0.05, 0) is 12.5 Å². The van der Waals surface area contributed by atoms with Crippen molar-refractivity contribution < 1.29 is 0 Å². The summed E-state index contributed by atoms with van der Waals surface area (Å²) in [7, 11) is 0. The van der Waals surface area contributed by atoms with Gasteiger partial charge in [0.15, 0.2) is 0 Å². The summed E-state index contributed by atoms with van der Waals surface area (Å²) in [4.78, 5) is 0. The van der Waals surface area contributed by atoms with Crippen molar-refractivity contribution in [3.8, 4) is 11.3 Å². The Morgan fingerprint density at radius 1 is 1.19 bits per heavy atom. The van der Waals surface area contributed by atoms with Gasteiger partial charge < -0.3 is 5.32 Å². The molecule has 1 aromatic carbocycles. The van der Waals surface area contributed by atoms with E-state index in [4.69, 9.17) is 0 Å². The predicted octanol–water partition coefficient (Wildman–Crippen LogP) is 1.77. The van der Waals surface area contributed by atoms with E-state index in [1.807, 2.05) is 54.3 Å². The zero-order valence-corrected chi connectivity index (χ0v) is 12.0. The monoisotopic (exact) mass is 282 g/mol. The van der Waals surface area contributed by atoms with E-state index in [0.29, 0.717) is 6.54 Å². The second-order valence-corrected chi connectivity index (χ2v) is 4.94. The number of aromatic nitrogens is 5. The molecule has 0 radical (unpaired) electrons. The summed E-state index contributed by atoms with van der Waals surface area (Å²) < 4.78 is 1.93. The molecule has 0 aliphatic carbocycles. The maximum Gasteiger partial charge on any atom is 0.117 e. The normalized spacial score (nSPS) is 10.9. The van der Waals surface area contributed by atoms with Crippen LogP contribution in [-0.2, 0) is 13.1 Å². The van der Waals surface area contributed by atoms with Crippen LogP contribution in [0.25, 0.3) is 11.3 Å². The molecule has 0 bridgehead atoms. The minimum atomic E-state index is 0.682. The van der Waals surface area contributed by atoms with Crippen molar-refractivity contribution in [2.75, 3.05) is 6.54 Å². The Morgan fingerprint density at radius 2 is 2.05 bits per heavy atom. The third kappa shape index (κ3) is 3.35. The highest BCUT2D eigenvalue weighted by molar-refractivity contribution is 5.60. The number of hydrogen-bond donors (Lipinski definition) is 2. The summed E-state index contributed by atoms with van der Waals surface area (Å²) in [5.74, 6) is 0. The second kappa shape index (κ2) is 6.32. The number of rotatable bonds is 6. The van der Waals surface area contributed by atoms with Gasteiger partial charge in [-0.15, -0.1) is 0 Å². The highest BCUT2D eigenvalue weighted by Gasteiger charge is 2.09. The van der Waals surface area contributed by atoms with Crippen molar-refractivity contribution in [3.63, 3.8) is 0 Å². The lowest BCUT2D eigenvalue weighted by molar-refractivity contribution is 0.551. The SMILES string of the molecule is Cc1cnn(CCNCc2n[nH]nc2-c2ccccc2)c1. The van der Waals surface area contributed by atoms with Gasteiger partial charge in [0.05, 0.1) is 12.7 Å². The van der Waals surface area contributed by atoms with Crippen molar-refractivity contribution >= 4 is 0 Å². The summed E-state index contributed by atoms with van der Waals surface area (Å²) in [6.45, 7) is 4.40. The molecule has 0 amide bonds. The highest BCUT2D eigenvalue weighted by Crippen LogP contribution is 2.18. The van der Waals surface area contributed by atoms with Gasteiger partial charge in [0, 0.05) is 24.8 Å². The molecule has 6 nitrogen and oxygen atoms in total. The van der Waals surface area contributed by atoms with Crippen LogP contribution in [-0.4, -0.2) is 31.7 Å². The van der Waals surface area contributed by atoms with Gasteiger partial charge in [-0.3, -0.25) is 4.68 Å². The Labute approximate surface area is 123 Å². The molecule has 2 heterocycles. The largest absolute Gasteiger partial charge is 0.309 e. The summed E-state index contributed by atoms with van der Waals surface area (Å²) in [5.41, 5.74) is 4.08. The van der Waals surface area contributed by atoms with E-state index in [-0.39, 0.29) is 0 Å². The van der Waals surface area contributed by atoms with Gasteiger partial charge in [-0.25, -0.2) is 0 Å². The Balaban J connectivity index is 1.55. The molecule has 0 spiro atoms. The highest BCUT2D eigenvalue weighted by atomic mass is 15.3.